The Morgan fingerprint density at radius 2 is 2.33 bits per heavy atom. The van der Waals surface area contributed by atoms with Crippen molar-refractivity contribution in [1.29, 1.82) is 0 Å². The number of Topliss-reactive ketones (excluding diaryl/α,β-unsaturated/α-hetero) is 1. The van der Waals surface area contributed by atoms with E-state index in [4.69, 9.17) is 22.4 Å². The number of hydrogen-bond acceptors (Lipinski definition) is 4. The molecule has 0 spiro atoms. The van der Waals surface area contributed by atoms with Gasteiger partial charge < -0.3 is 10.8 Å². The highest BCUT2D eigenvalue weighted by Crippen LogP contribution is 2.31. The molecule has 0 amide bonds. The number of carboxylic acid groups (broad SMARTS) is 1. The van der Waals surface area contributed by atoms with Crippen LogP contribution in [0.2, 0.25) is 5.02 Å². The fourth-order valence-corrected chi connectivity index (χ4v) is 3.22. The molecule has 1 aromatic carbocycles. The smallest absolute Gasteiger partial charge is 0.321 e. The molecule has 6 heteroatoms. The lowest BCUT2D eigenvalue weighted by Crippen LogP contribution is -2.33. The van der Waals surface area contributed by atoms with Crippen molar-refractivity contribution in [3.8, 4) is 0 Å². The van der Waals surface area contributed by atoms with Gasteiger partial charge in [-0.2, -0.15) is 0 Å². The van der Waals surface area contributed by atoms with E-state index < -0.39 is 12.0 Å². The average Bonchev–Trinajstić information content (AvgIpc) is 2.62. The van der Waals surface area contributed by atoms with Crippen LogP contribution in [0.15, 0.2) is 18.2 Å². The Labute approximate surface area is 113 Å². The molecule has 0 bridgehead atoms. The largest absolute Gasteiger partial charge is 0.480 e. The van der Waals surface area contributed by atoms with E-state index in [1.807, 2.05) is 0 Å². The zero-order valence-electron chi connectivity index (χ0n) is 9.43. The quantitative estimate of drug-likeness (QED) is 0.878. The van der Waals surface area contributed by atoms with Gasteiger partial charge in [0.1, 0.15) is 6.04 Å². The number of ketones is 1. The summed E-state index contributed by atoms with van der Waals surface area (Å²) in [6.45, 7) is 0. The van der Waals surface area contributed by atoms with E-state index in [0.29, 0.717) is 17.0 Å². The van der Waals surface area contributed by atoms with Gasteiger partial charge in [0, 0.05) is 16.3 Å². The van der Waals surface area contributed by atoms with Crippen molar-refractivity contribution in [2.24, 2.45) is 5.73 Å². The van der Waals surface area contributed by atoms with Gasteiger partial charge in [0.05, 0.1) is 5.25 Å². The number of nitrogens with two attached hydrogens (primary N) is 1. The van der Waals surface area contributed by atoms with Gasteiger partial charge in [-0.15, -0.1) is 11.8 Å². The molecular weight excluding hydrogens is 274 g/mol. The molecule has 96 valence electrons. The Balaban J connectivity index is 2.03. The summed E-state index contributed by atoms with van der Waals surface area (Å²) in [5, 5.41) is 9.05. The predicted molar refractivity (Wildman–Crippen MR) is 71.3 cm³/mol. The summed E-state index contributed by atoms with van der Waals surface area (Å²) in [7, 11) is 0. The highest BCUT2D eigenvalue weighted by atomic mass is 35.5. The Bertz CT molecular complexity index is 506. The summed E-state index contributed by atoms with van der Waals surface area (Å²) >= 11 is 7.16. The highest BCUT2D eigenvalue weighted by Gasteiger charge is 2.31. The molecule has 2 rings (SSSR count). The summed E-state index contributed by atoms with van der Waals surface area (Å²) in [5.74, 6) is -0.786. The van der Waals surface area contributed by atoms with Gasteiger partial charge in [0.2, 0.25) is 0 Å². The number of aliphatic carboxylic acids is 1. The molecule has 0 aliphatic heterocycles. The number of benzene rings is 1. The molecule has 1 aromatic rings. The number of rotatable bonds is 4. The first-order valence-electron chi connectivity index (χ1n) is 5.41. The number of thioether (sulfide) groups is 1. The normalized spacial score (nSPS) is 19.7. The first-order valence-corrected chi connectivity index (χ1v) is 6.84. The highest BCUT2D eigenvalue weighted by molar-refractivity contribution is 8.00. The maximum Gasteiger partial charge on any atom is 0.321 e. The fourth-order valence-electron chi connectivity index (χ4n) is 1.86. The van der Waals surface area contributed by atoms with Crippen LogP contribution in [0.3, 0.4) is 0 Å². The monoisotopic (exact) mass is 285 g/mol. The fraction of sp³-hybridized carbons (Fsp3) is 0.333. The lowest BCUT2D eigenvalue weighted by atomic mass is 10.1. The molecule has 1 aliphatic rings. The minimum atomic E-state index is -1.05. The first kappa shape index (κ1) is 13.4. The number of carbonyl (C=O) groups excluding carboxylic acids is 1. The van der Waals surface area contributed by atoms with E-state index in [2.05, 4.69) is 0 Å². The Morgan fingerprint density at radius 1 is 1.61 bits per heavy atom. The molecule has 2 atom stereocenters. The zero-order chi connectivity index (χ0) is 13.3. The molecule has 0 saturated heterocycles. The van der Waals surface area contributed by atoms with Crippen LogP contribution in [0.5, 0.6) is 0 Å². The molecule has 0 fully saturated rings. The molecule has 4 nitrogen and oxygen atoms in total. The van der Waals surface area contributed by atoms with Crippen LogP contribution in [-0.4, -0.2) is 33.9 Å². The second-order valence-electron chi connectivity index (χ2n) is 4.14. The Morgan fingerprint density at radius 3 is 3.00 bits per heavy atom. The number of carbonyl (C=O) groups is 2. The minimum absolute atomic E-state index is 0.0317. The third kappa shape index (κ3) is 2.68. The summed E-state index contributed by atoms with van der Waals surface area (Å²) in [4.78, 5) is 22.6. The van der Waals surface area contributed by atoms with E-state index >= 15 is 0 Å². The third-order valence-corrected chi connectivity index (χ3v) is 4.39. The minimum Gasteiger partial charge on any atom is -0.480 e. The van der Waals surface area contributed by atoms with Crippen LogP contribution in [0.1, 0.15) is 15.9 Å². The van der Waals surface area contributed by atoms with Crippen LogP contribution in [0.4, 0.5) is 0 Å². The van der Waals surface area contributed by atoms with Gasteiger partial charge in [0.25, 0.3) is 0 Å². The first-order chi connectivity index (χ1) is 8.49. The summed E-state index contributed by atoms with van der Waals surface area (Å²) < 4.78 is 0. The van der Waals surface area contributed by atoms with Crippen LogP contribution in [-0.2, 0) is 11.2 Å². The average molecular weight is 286 g/mol. The lowest BCUT2D eigenvalue weighted by Gasteiger charge is -2.10. The van der Waals surface area contributed by atoms with E-state index in [9.17, 15) is 9.59 Å². The van der Waals surface area contributed by atoms with Crippen molar-refractivity contribution in [1.82, 2.24) is 0 Å². The summed E-state index contributed by atoms with van der Waals surface area (Å²) in [6, 6.07) is 4.26. The number of hydrogen-bond donors (Lipinski definition) is 2. The van der Waals surface area contributed by atoms with Gasteiger partial charge in [-0.05, 0) is 30.2 Å². The second-order valence-corrected chi connectivity index (χ2v) is 5.81. The number of fused-ring (bicyclic) bond motifs is 1. The van der Waals surface area contributed by atoms with E-state index in [1.54, 1.807) is 18.2 Å². The topological polar surface area (TPSA) is 80.4 Å². The molecule has 1 aliphatic carbocycles. The van der Waals surface area contributed by atoms with Gasteiger partial charge in [0.15, 0.2) is 5.78 Å². The van der Waals surface area contributed by atoms with Crippen LogP contribution >= 0.6 is 23.4 Å². The second kappa shape index (κ2) is 5.30. The van der Waals surface area contributed by atoms with Gasteiger partial charge in [-0.1, -0.05) is 11.6 Å². The van der Waals surface area contributed by atoms with Crippen molar-refractivity contribution in [2.45, 2.75) is 17.7 Å². The standard InChI is InChI=1S/C12H12ClNO3S/c13-7-1-2-8-6(3-7)4-10(11(8)15)18-5-9(14)12(16)17/h1-3,9-10H,4-5,14H2,(H,16,17). The molecule has 0 saturated carbocycles. The van der Waals surface area contributed by atoms with Crippen LogP contribution < -0.4 is 5.73 Å². The summed E-state index contributed by atoms with van der Waals surface area (Å²) in [6.07, 6.45) is 0.589. The molecule has 0 aromatic heterocycles. The van der Waals surface area contributed by atoms with Crippen molar-refractivity contribution < 1.29 is 14.7 Å². The Hall–Kier alpha value is -1.04. The van der Waals surface area contributed by atoms with E-state index in [0.717, 1.165) is 5.56 Å². The zero-order valence-corrected chi connectivity index (χ0v) is 11.0. The van der Waals surface area contributed by atoms with E-state index in [1.165, 1.54) is 11.8 Å². The van der Waals surface area contributed by atoms with E-state index in [-0.39, 0.29) is 16.8 Å². The Kier molecular flexibility index (Phi) is 3.94. The number of halogens is 1. The molecular formula is C12H12ClNO3S. The van der Waals surface area contributed by atoms with Crippen molar-refractivity contribution in [2.75, 3.05) is 5.75 Å². The van der Waals surface area contributed by atoms with Crippen molar-refractivity contribution in [3.05, 3.63) is 34.3 Å². The number of carboxylic acids is 1. The summed E-state index contributed by atoms with van der Waals surface area (Å²) in [5.41, 5.74) is 7.02. The maximum atomic E-state index is 12.0. The van der Waals surface area contributed by atoms with Crippen LogP contribution in [0.25, 0.3) is 0 Å². The van der Waals surface area contributed by atoms with Crippen LogP contribution in [0, 0.1) is 0 Å². The molecule has 0 radical (unpaired) electrons. The SMILES string of the molecule is NC(CSC1Cc2cc(Cl)ccc2C1=O)C(=O)O. The van der Waals surface area contributed by atoms with Gasteiger partial charge >= 0.3 is 5.97 Å². The lowest BCUT2D eigenvalue weighted by molar-refractivity contribution is -0.137. The van der Waals surface area contributed by atoms with Gasteiger partial charge in [-0.25, -0.2) is 0 Å². The van der Waals surface area contributed by atoms with Crippen molar-refractivity contribution in [3.63, 3.8) is 0 Å². The van der Waals surface area contributed by atoms with Gasteiger partial charge in [-0.3, -0.25) is 9.59 Å². The molecule has 18 heavy (non-hydrogen) atoms. The predicted octanol–water partition coefficient (Wildman–Crippen LogP) is 1.59. The van der Waals surface area contributed by atoms with Crippen molar-refractivity contribution >= 4 is 35.1 Å². The molecule has 2 unspecified atom stereocenters. The molecule has 0 heterocycles. The third-order valence-electron chi connectivity index (χ3n) is 2.82. The maximum absolute atomic E-state index is 12.0. The molecule has 3 N–H and O–H groups in total.